The Balaban J connectivity index is 2.28. The van der Waals surface area contributed by atoms with Crippen molar-refractivity contribution in [1.82, 2.24) is 4.98 Å². The lowest BCUT2D eigenvalue weighted by Gasteiger charge is -2.24. The van der Waals surface area contributed by atoms with E-state index in [-0.39, 0.29) is 0 Å². The van der Waals surface area contributed by atoms with E-state index in [4.69, 9.17) is 23.2 Å². The molecule has 1 heterocycles. The Morgan fingerprint density at radius 2 is 1.95 bits per heavy atom. The molecule has 1 aliphatic carbocycles. The number of rotatable bonds is 1. The van der Waals surface area contributed by atoms with Crippen LogP contribution in [0.4, 0.5) is 0 Å². The fraction of sp³-hybridized carbons (Fsp3) is 0.294. The van der Waals surface area contributed by atoms with Gasteiger partial charge in [0.2, 0.25) is 0 Å². The Morgan fingerprint density at radius 3 is 2.62 bits per heavy atom. The number of benzene rings is 1. The molecule has 0 spiro atoms. The monoisotopic (exact) mass is 316 g/mol. The van der Waals surface area contributed by atoms with Crippen LogP contribution in [0.15, 0.2) is 24.3 Å². The molecule has 0 aliphatic heterocycles. The first kappa shape index (κ1) is 14.4. The van der Waals surface area contributed by atoms with Gasteiger partial charge in [0, 0.05) is 16.3 Å². The van der Waals surface area contributed by atoms with E-state index in [0.717, 1.165) is 41.6 Å². The van der Waals surface area contributed by atoms with Crippen LogP contribution < -0.4 is 0 Å². The largest absolute Gasteiger partial charge is 0.239 e. The van der Waals surface area contributed by atoms with E-state index >= 15 is 0 Å². The van der Waals surface area contributed by atoms with Gasteiger partial charge in [-0.25, -0.2) is 4.98 Å². The Morgan fingerprint density at radius 1 is 1.24 bits per heavy atom. The van der Waals surface area contributed by atoms with Crippen LogP contribution in [-0.4, -0.2) is 4.98 Å². The van der Waals surface area contributed by atoms with Gasteiger partial charge in [-0.05, 0) is 48.4 Å². The summed E-state index contributed by atoms with van der Waals surface area (Å²) in [5.74, 6) is 0.595. The van der Waals surface area contributed by atoms with Gasteiger partial charge in [0.25, 0.3) is 0 Å². The summed E-state index contributed by atoms with van der Waals surface area (Å²) in [4.78, 5) is 4.44. The summed E-state index contributed by atoms with van der Waals surface area (Å²) in [5, 5.41) is 10.5. The first-order valence-electron chi connectivity index (χ1n) is 6.97. The van der Waals surface area contributed by atoms with E-state index in [9.17, 15) is 5.26 Å². The molecule has 3 rings (SSSR count). The Labute approximate surface area is 134 Å². The molecule has 0 N–H and O–H groups in total. The molecule has 0 fully saturated rings. The van der Waals surface area contributed by atoms with Gasteiger partial charge in [-0.15, -0.1) is 0 Å². The highest BCUT2D eigenvalue weighted by molar-refractivity contribution is 6.31. The minimum absolute atomic E-state index is 0.302. The summed E-state index contributed by atoms with van der Waals surface area (Å²) in [5.41, 5.74) is 4.56. The number of hydrogen-bond donors (Lipinski definition) is 0. The molecule has 106 valence electrons. The quantitative estimate of drug-likeness (QED) is 0.690. The molecule has 1 aromatic carbocycles. The zero-order valence-electron chi connectivity index (χ0n) is 11.7. The van der Waals surface area contributed by atoms with E-state index < -0.39 is 0 Å². The second-order valence-electron chi connectivity index (χ2n) is 5.54. The molecule has 0 amide bonds. The predicted octanol–water partition coefficient (Wildman–Crippen LogP) is 5.05. The first-order chi connectivity index (χ1) is 10.1. The normalized spacial score (nSPS) is 17.1. The van der Waals surface area contributed by atoms with Crippen LogP contribution in [0.1, 0.15) is 30.2 Å². The third-order valence-electron chi connectivity index (χ3n) is 4.01. The summed E-state index contributed by atoms with van der Waals surface area (Å²) < 4.78 is 0. The highest BCUT2D eigenvalue weighted by atomic mass is 35.5. The smallest absolute Gasteiger partial charge is 0.147 e. The van der Waals surface area contributed by atoms with Crippen LogP contribution in [0.2, 0.25) is 10.2 Å². The minimum Gasteiger partial charge on any atom is -0.239 e. The highest BCUT2D eigenvalue weighted by Crippen LogP contribution is 2.38. The average molecular weight is 317 g/mol. The Kier molecular flexibility index (Phi) is 3.89. The molecular weight excluding hydrogens is 303 g/mol. The van der Waals surface area contributed by atoms with Gasteiger partial charge in [-0.2, -0.15) is 5.26 Å². The van der Waals surface area contributed by atoms with Gasteiger partial charge in [0.15, 0.2) is 0 Å². The molecule has 4 heteroatoms. The molecule has 0 bridgehead atoms. The molecule has 0 radical (unpaired) electrons. The number of pyridine rings is 1. The maximum absolute atomic E-state index is 9.48. The molecule has 1 aromatic heterocycles. The summed E-state index contributed by atoms with van der Waals surface area (Å²) in [6.45, 7) is 2.23. The summed E-state index contributed by atoms with van der Waals surface area (Å²) in [7, 11) is 0. The van der Waals surface area contributed by atoms with Crippen molar-refractivity contribution in [2.24, 2.45) is 5.92 Å². The van der Waals surface area contributed by atoms with Crippen molar-refractivity contribution >= 4 is 23.2 Å². The van der Waals surface area contributed by atoms with Gasteiger partial charge >= 0.3 is 0 Å². The zero-order valence-corrected chi connectivity index (χ0v) is 13.2. The highest BCUT2D eigenvalue weighted by Gasteiger charge is 2.24. The molecule has 21 heavy (non-hydrogen) atoms. The van der Waals surface area contributed by atoms with E-state index in [1.54, 1.807) is 0 Å². The van der Waals surface area contributed by atoms with E-state index in [1.807, 2.05) is 24.3 Å². The van der Waals surface area contributed by atoms with Gasteiger partial charge in [0.05, 0.1) is 5.56 Å². The van der Waals surface area contributed by atoms with Gasteiger partial charge in [0.1, 0.15) is 11.2 Å². The van der Waals surface area contributed by atoms with Gasteiger partial charge < -0.3 is 0 Å². The lowest BCUT2D eigenvalue weighted by atomic mass is 9.82. The van der Waals surface area contributed by atoms with Crippen molar-refractivity contribution in [3.8, 4) is 17.2 Å². The Hall–Kier alpha value is -1.56. The van der Waals surface area contributed by atoms with Crippen LogP contribution in [0.5, 0.6) is 0 Å². The number of fused-ring (bicyclic) bond motifs is 1. The van der Waals surface area contributed by atoms with E-state index in [2.05, 4.69) is 18.0 Å². The third kappa shape index (κ3) is 2.64. The topological polar surface area (TPSA) is 36.7 Å². The van der Waals surface area contributed by atoms with Crippen molar-refractivity contribution in [2.75, 3.05) is 0 Å². The van der Waals surface area contributed by atoms with Crippen LogP contribution in [0.25, 0.3) is 11.1 Å². The van der Waals surface area contributed by atoms with Crippen molar-refractivity contribution in [3.05, 3.63) is 51.3 Å². The zero-order chi connectivity index (χ0) is 15.0. The molecular formula is C17H14Cl2N2. The predicted molar refractivity (Wildman–Crippen MR) is 85.6 cm³/mol. The number of aromatic nitrogens is 1. The van der Waals surface area contributed by atoms with Crippen molar-refractivity contribution in [3.63, 3.8) is 0 Å². The average Bonchev–Trinajstić information content (AvgIpc) is 2.47. The van der Waals surface area contributed by atoms with E-state index in [1.165, 1.54) is 0 Å². The van der Waals surface area contributed by atoms with Gasteiger partial charge in [-0.3, -0.25) is 0 Å². The fourth-order valence-corrected chi connectivity index (χ4v) is 3.30. The first-order valence-corrected chi connectivity index (χ1v) is 7.73. The number of halogens is 2. The second-order valence-corrected chi connectivity index (χ2v) is 6.34. The van der Waals surface area contributed by atoms with Crippen molar-refractivity contribution < 1.29 is 0 Å². The number of hydrogen-bond acceptors (Lipinski definition) is 2. The maximum atomic E-state index is 9.48. The number of aryl methyl sites for hydroxylation is 1. The molecule has 0 saturated heterocycles. The van der Waals surface area contributed by atoms with Crippen LogP contribution >= 0.6 is 23.2 Å². The minimum atomic E-state index is 0.302. The van der Waals surface area contributed by atoms with Crippen LogP contribution in [-0.2, 0) is 12.8 Å². The summed E-state index contributed by atoms with van der Waals surface area (Å²) >= 11 is 12.2. The molecule has 0 unspecified atom stereocenters. The number of nitriles is 1. The molecule has 0 saturated carbocycles. The van der Waals surface area contributed by atoms with Crippen LogP contribution in [0.3, 0.4) is 0 Å². The van der Waals surface area contributed by atoms with Crippen LogP contribution in [0, 0.1) is 17.2 Å². The second kappa shape index (κ2) is 5.67. The number of nitrogens with zero attached hydrogens (tertiary/aromatic N) is 2. The van der Waals surface area contributed by atoms with Crippen molar-refractivity contribution in [1.29, 1.82) is 5.26 Å². The molecule has 2 aromatic rings. The van der Waals surface area contributed by atoms with Gasteiger partial charge in [-0.1, -0.05) is 42.3 Å². The molecule has 2 nitrogen and oxygen atoms in total. The lowest BCUT2D eigenvalue weighted by molar-refractivity contribution is 0.495. The molecule has 1 atom stereocenters. The fourth-order valence-electron chi connectivity index (χ4n) is 2.94. The summed E-state index contributed by atoms with van der Waals surface area (Å²) in [6, 6.07) is 9.77. The van der Waals surface area contributed by atoms with E-state index in [0.29, 0.717) is 21.7 Å². The SMILES string of the molecule is C[C@H]1CCc2nc(Cl)c(C#N)c(-c3ccc(Cl)cc3)c2C1. The third-order valence-corrected chi connectivity index (χ3v) is 4.54. The standard InChI is InChI=1S/C17H14Cl2N2/c1-10-2-7-15-13(8-10)16(14(9-20)17(19)21-15)11-3-5-12(18)6-4-11/h3-6,10H,2,7-8H2,1H3/t10-/m0/s1. The molecule has 1 aliphatic rings. The lowest BCUT2D eigenvalue weighted by Crippen LogP contribution is -2.15. The van der Waals surface area contributed by atoms with Crippen molar-refractivity contribution in [2.45, 2.75) is 26.2 Å². The Bertz CT molecular complexity index is 730. The summed E-state index contributed by atoms with van der Waals surface area (Å²) in [6.07, 6.45) is 2.97. The maximum Gasteiger partial charge on any atom is 0.147 e.